The van der Waals surface area contributed by atoms with E-state index in [1.54, 1.807) is 0 Å². The molecule has 3 heteroatoms. The highest BCUT2D eigenvalue weighted by Gasteiger charge is 2.33. The zero-order valence-corrected chi connectivity index (χ0v) is 8.68. The van der Waals surface area contributed by atoms with Gasteiger partial charge in [-0.2, -0.15) is 0 Å². The molecule has 0 unspecified atom stereocenters. The topological polar surface area (TPSA) is 61.3 Å². The summed E-state index contributed by atoms with van der Waals surface area (Å²) in [6.45, 7) is 0. The Labute approximate surface area is 93.6 Å². The Morgan fingerprint density at radius 3 is 2.25 bits per heavy atom. The van der Waals surface area contributed by atoms with Gasteiger partial charge in [-0.25, -0.2) is 0 Å². The number of nitrogens with two attached hydrogens (primary N) is 2. The molecule has 0 amide bonds. The lowest BCUT2D eigenvalue weighted by atomic mass is 9.93. The average molecular weight is 212 g/mol. The van der Waals surface area contributed by atoms with Gasteiger partial charge in [0, 0.05) is 11.1 Å². The highest BCUT2D eigenvalue weighted by Crippen LogP contribution is 2.40. The Morgan fingerprint density at radius 1 is 0.812 bits per heavy atom. The highest BCUT2D eigenvalue weighted by molar-refractivity contribution is 5.76. The van der Waals surface area contributed by atoms with Gasteiger partial charge in [-0.05, 0) is 11.6 Å². The number of benzene rings is 2. The maximum absolute atomic E-state index is 5.96. The summed E-state index contributed by atoms with van der Waals surface area (Å²) in [6.07, 6.45) is 0. The van der Waals surface area contributed by atoms with Crippen LogP contribution in [-0.4, -0.2) is 0 Å². The van der Waals surface area contributed by atoms with Crippen molar-refractivity contribution in [1.29, 1.82) is 0 Å². The smallest absolute Gasteiger partial charge is 0.240 e. The third-order valence-electron chi connectivity index (χ3n) is 2.80. The predicted octanol–water partition coefficient (Wildman–Crippen LogP) is 1.77. The van der Waals surface area contributed by atoms with Crippen LogP contribution in [-0.2, 0) is 5.85 Å². The summed E-state index contributed by atoms with van der Waals surface area (Å²) < 4.78 is 5.60. The molecule has 1 aliphatic rings. The van der Waals surface area contributed by atoms with E-state index in [-0.39, 0.29) is 0 Å². The van der Waals surface area contributed by atoms with E-state index >= 15 is 0 Å². The standard InChI is InChI=1S/C13H12N2O/c14-13(15)11-7-3-1-5-9(11)10-6-2-4-8-12(10)16-13/h1-8H,14-15H2. The van der Waals surface area contributed by atoms with Crippen LogP contribution >= 0.6 is 0 Å². The first-order valence-corrected chi connectivity index (χ1v) is 5.14. The fourth-order valence-electron chi connectivity index (χ4n) is 2.07. The molecule has 4 N–H and O–H groups in total. The molecule has 3 rings (SSSR count). The van der Waals surface area contributed by atoms with Crippen molar-refractivity contribution in [2.75, 3.05) is 0 Å². The molecule has 2 aromatic carbocycles. The molecule has 0 saturated carbocycles. The SMILES string of the molecule is NC1(N)Oc2ccccc2-c2ccccc21. The molecule has 1 heterocycles. The van der Waals surface area contributed by atoms with E-state index < -0.39 is 5.85 Å². The average Bonchev–Trinajstić information content (AvgIpc) is 2.29. The number of fused-ring (bicyclic) bond motifs is 3. The van der Waals surface area contributed by atoms with E-state index in [0.717, 1.165) is 22.4 Å². The number of para-hydroxylation sites is 1. The first-order chi connectivity index (χ1) is 7.68. The van der Waals surface area contributed by atoms with Crippen LogP contribution in [0.5, 0.6) is 5.75 Å². The molecule has 0 radical (unpaired) electrons. The van der Waals surface area contributed by atoms with Gasteiger partial charge in [0.05, 0.1) is 0 Å². The molecule has 80 valence electrons. The maximum atomic E-state index is 5.96. The van der Waals surface area contributed by atoms with Crippen LogP contribution in [0.2, 0.25) is 0 Å². The van der Waals surface area contributed by atoms with Gasteiger partial charge in [-0.1, -0.05) is 42.5 Å². The number of hydrogen-bond acceptors (Lipinski definition) is 3. The summed E-state index contributed by atoms with van der Waals surface area (Å²) in [5, 5.41) is 0. The van der Waals surface area contributed by atoms with E-state index in [2.05, 4.69) is 0 Å². The minimum atomic E-state index is -1.25. The number of rotatable bonds is 0. The fourth-order valence-corrected chi connectivity index (χ4v) is 2.07. The Kier molecular flexibility index (Phi) is 1.80. The van der Waals surface area contributed by atoms with Gasteiger partial charge in [0.2, 0.25) is 5.85 Å². The van der Waals surface area contributed by atoms with Gasteiger partial charge < -0.3 is 4.74 Å². The molecule has 3 nitrogen and oxygen atoms in total. The summed E-state index contributed by atoms with van der Waals surface area (Å²) >= 11 is 0. The van der Waals surface area contributed by atoms with E-state index in [0.29, 0.717) is 0 Å². The summed E-state index contributed by atoms with van der Waals surface area (Å²) in [5.74, 6) is -0.517. The Hall–Kier alpha value is -1.84. The van der Waals surface area contributed by atoms with Crippen molar-refractivity contribution in [1.82, 2.24) is 0 Å². The number of hydrogen-bond donors (Lipinski definition) is 2. The third-order valence-corrected chi connectivity index (χ3v) is 2.80. The summed E-state index contributed by atoms with van der Waals surface area (Å²) in [6, 6.07) is 15.5. The molecule has 1 aliphatic heterocycles. The van der Waals surface area contributed by atoms with E-state index in [4.69, 9.17) is 16.2 Å². The largest absolute Gasteiger partial charge is 0.455 e. The van der Waals surface area contributed by atoms with Crippen LogP contribution in [0.4, 0.5) is 0 Å². The van der Waals surface area contributed by atoms with Crippen LogP contribution in [0.1, 0.15) is 5.56 Å². The van der Waals surface area contributed by atoms with Crippen LogP contribution in [0.25, 0.3) is 11.1 Å². The predicted molar refractivity (Wildman–Crippen MR) is 62.6 cm³/mol. The lowest BCUT2D eigenvalue weighted by molar-refractivity contribution is 0.0778. The molecule has 0 aromatic heterocycles. The highest BCUT2D eigenvalue weighted by atomic mass is 16.5. The molecule has 0 fully saturated rings. The van der Waals surface area contributed by atoms with Crippen molar-refractivity contribution in [2.45, 2.75) is 5.85 Å². The Balaban J connectivity index is 2.33. The summed E-state index contributed by atoms with van der Waals surface area (Å²) in [7, 11) is 0. The van der Waals surface area contributed by atoms with Gasteiger partial charge in [0.15, 0.2) is 0 Å². The second-order valence-corrected chi connectivity index (χ2v) is 3.94. The van der Waals surface area contributed by atoms with Crippen LogP contribution in [0.3, 0.4) is 0 Å². The second-order valence-electron chi connectivity index (χ2n) is 3.94. The van der Waals surface area contributed by atoms with Crippen LogP contribution in [0.15, 0.2) is 48.5 Å². The van der Waals surface area contributed by atoms with Crippen LogP contribution < -0.4 is 16.2 Å². The lowest BCUT2D eigenvalue weighted by Gasteiger charge is -2.33. The quantitative estimate of drug-likeness (QED) is 0.654. The monoisotopic (exact) mass is 212 g/mol. The molecule has 0 bridgehead atoms. The lowest BCUT2D eigenvalue weighted by Crippen LogP contribution is -2.53. The second kappa shape index (κ2) is 3.07. The zero-order chi connectivity index (χ0) is 11.2. The van der Waals surface area contributed by atoms with Crippen molar-refractivity contribution in [3.05, 3.63) is 54.1 Å². The molecule has 0 atom stereocenters. The van der Waals surface area contributed by atoms with Crippen molar-refractivity contribution in [2.24, 2.45) is 11.5 Å². The first kappa shape index (κ1) is 9.39. The Bertz CT molecular complexity index is 549. The molecule has 2 aromatic rings. The summed E-state index contributed by atoms with van der Waals surface area (Å²) in [5.41, 5.74) is 14.8. The third kappa shape index (κ3) is 1.23. The van der Waals surface area contributed by atoms with Crippen LogP contribution in [0, 0.1) is 0 Å². The van der Waals surface area contributed by atoms with Crippen molar-refractivity contribution < 1.29 is 4.74 Å². The molecule has 0 spiro atoms. The van der Waals surface area contributed by atoms with Crippen molar-refractivity contribution >= 4 is 0 Å². The van der Waals surface area contributed by atoms with Gasteiger partial charge in [-0.15, -0.1) is 0 Å². The summed E-state index contributed by atoms with van der Waals surface area (Å²) in [4.78, 5) is 0. The fraction of sp³-hybridized carbons (Fsp3) is 0.0769. The van der Waals surface area contributed by atoms with E-state index in [1.807, 2.05) is 48.5 Å². The van der Waals surface area contributed by atoms with Gasteiger partial charge in [-0.3, -0.25) is 11.5 Å². The van der Waals surface area contributed by atoms with E-state index in [9.17, 15) is 0 Å². The van der Waals surface area contributed by atoms with Gasteiger partial charge >= 0.3 is 0 Å². The Morgan fingerprint density at radius 2 is 1.44 bits per heavy atom. The molecule has 0 aliphatic carbocycles. The molecule has 0 saturated heterocycles. The minimum absolute atomic E-state index is 0.728. The van der Waals surface area contributed by atoms with E-state index in [1.165, 1.54) is 0 Å². The first-order valence-electron chi connectivity index (χ1n) is 5.14. The molecule has 16 heavy (non-hydrogen) atoms. The minimum Gasteiger partial charge on any atom is -0.455 e. The normalized spacial score (nSPS) is 15.9. The number of ether oxygens (including phenoxy) is 1. The van der Waals surface area contributed by atoms with Crippen molar-refractivity contribution in [3.63, 3.8) is 0 Å². The van der Waals surface area contributed by atoms with Gasteiger partial charge in [0.1, 0.15) is 5.75 Å². The molecular weight excluding hydrogens is 200 g/mol. The van der Waals surface area contributed by atoms with Gasteiger partial charge in [0.25, 0.3) is 0 Å². The zero-order valence-electron chi connectivity index (χ0n) is 8.68. The maximum Gasteiger partial charge on any atom is 0.240 e. The molecular formula is C13H12N2O. The van der Waals surface area contributed by atoms with Crippen molar-refractivity contribution in [3.8, 4) is 16.9 Å².